The van der Waals surface area contributed by atoms with Crippen molar-refractivity contribution >= 4 is 21.6 Å². The number of benzene rings is 1. The van der Waals surface area contributed by atoms with Crippen molar-refractivity contribution in [3.8, 4) is 17.4 Å². The van der Waals surface area contributed by atoms with Gasteiger partial charge in [0, 0.05) is 23.2 Å². The van der Waals surface area contributed by atoms with E-state index in [1.807, 2.05) is 13.0 Å². The lowest BCUT2D eigenvalue weighted by Crippen LogP contribution is -1.97. The second-order valence-corrected chi connectivity index (χ2v) is 4.85. The van der Waals surface area contributed by atoms with Gasteiger partial charge in [0.25, 0.3) is 5.69 Å². The molecule has 2 rings (SSSR count). The summed E-state index contributed by atoms with van der Waals surface area (Å²) in [6.07, 6.45) is 1.68. The molecule has 0 fully saturated rings. The van der Waals surface area contributed by atoms with Crippen LogP contribution in [0, 0.1) is 17.0 Å². The number of alkyl halides is 1. The van der Waals surface area contributed by atoms with Crippen LogP contribution in [-0.4, -0.2) is 17.0 Å². The summed E-state index contributed by atoms with van der Waals surface area (Å²) in [5, 5.41) is 11.5. The first-order valence-electron chi connectivity index (χ1n) is 6.07. The molecule has 21 heavy (non-hydrogen) atoms. The first kappa shape index (κ1) is 15.2. The lowest BCUT2D eigenvalue weighted by molar-refractivity contribution is -0.384. The molecule has 0 amide bonds. The van der Waals surface area contributed by atoms with Crippen LogP contribution in [0.4, 0.5) is 5.69 Å². The topological polar surface area (TPSA) is 74.5 Å². The van der Waals surface area contributed by atoms with Gasteiger partial charge in [0.2, 0.25) is 5.88 Å². The first-order chi connectivity index (χ1) is 10.0. The molecule has 0 bridgehead atoms. The summed E-state index contributed by atoms with van der Waals surface area (Å²) in [5.74, 6) is 1.05. The number of pyridine rings is 1. The highest BCUT2D eigenvalue weighted by Gasteiger charge is 2.14. The molecule has 0 N–H and O–H groups in total. The minimum atomic E-state index is -0.486. The molecule has 0 saturated heterocycles. The summed E-state index contributed by atoms with van der Waals surface area (Å²) in [6.45, 7) is 1.86. The zero-order valence-corrected chi connectivity index (χ0v) is 13.1. The number of hydrogen-bond donors (Lipinski definition) is 0. The molecule has 2 aromatic rings. The SMILES string of the molecule is COc1ccc([N+](=O)[O-])cc1Oc1ncc(CBr)cc1C. The highest BCUT2D eigenvalue weighted by atomic mass is 79.9. The fraction of sp³-hybridized carbons (Fsp3) is 0.214. The van der Waals surface area contributed by atoms with E-state index >= 15 is 0 Å². The van der Waals surface area contributed by atoms with E-state index in [1.165, 1.54) is 25.3 Å². The number of nitrogens with zero attached hydrogens (tertiary/aromatic N) is 2. The Balaban J connectivity index is 2.38. The highest BCUT2D eigenvalue weighted by molar-refractivity contribution is 9.08. The molecule has 0 spiro atoms. The lowest BCUT2D eigenvalue weighted by atomic mass is 10.2. The minimum absolute atomic E-state index is 0.0690. The van der Waals surface area contributed by atoms with Gasteiger partial charge in [0.05, 0.1) is 18.1 Å². The van der Waals surface area contributed by atoms with Crippen molar-refractivity contribution in [2.24, 2.45) is 0 Å². The highest BCUT2D eigenvalue weighted by Crippen LogP contribution is 2.35. The molecule has 110 valence electrons. The van der Waals surface area contributed by atoms with Gasteiger partial charge in [-0.15, -0.1) is 0 Å². The maximum Gasteiger partial charge on any atom is 0.273 e. The average molecular weight is 353 g/mol. The van der Waals surface area contributed by atoms with Gasteiger partial charge in [0.15, 0.2) is 11.5 Å². The molecule has 1 aromatic heterocycles. The molecular formula is C14H13BrN2O4. The van der Waals surface area contributed by atoms with E-state index in [1.54, 1.807) is 6.20 Å². The largest absolute Gasteiger partial charge is 0.493 e. The van der Waals surface area contributed by atoms with Gasteiger partial charge in [0.1, 0.15) is 0 Å². The van der Waals surface area contributed by atoms with Crippen molar-refractivity contribution in [3.05, 3.63) is 51.7 Å². The third kappa shape index (κ3) is 3.49. The molecule has 1 aromatic carbocycles. The number of rotatable bonds is 5. The zero-order chi connectivity index (χ0) is 15.4. The van der Waals surface area contributed by atoms with Crippen LogP contribution in [0.1, 0.15) is 11.1 Å². The number of methoxy groups -OCH3 is 1. The molecular weight excluding hydrogens is 340 g/mol. The van der Waals surface area contributed by atoms with E-state index in [4.69, 9.17) is 9.47 Å². The van der Waals surface area contributed by atoms with Crippen molar-refractivity contribution in [1.29, 1.82) is 0 Å². The van der Waals surface area contributed by atoms with Crippen LogP contribution in [-0.2, 0) is 5.33 Å². The fourth-order valence-electron chi connectivity index (χ4n) is 1.76. The average Bonchev–Trinajstić information content (AvgIpc) is 2.49. The Kier molecular flexibility index (Phi) is 4.74. The second kappa shape index (κ2) is 6.53. The van der Waals surface area contributed by atoms with Crippen LogP contribution in [0.5, 0.6) is 17.4 Å². The Morgan fingerprint density at radius 2 is 2.10 bits per heavy atom. The molecule has 6 nitrogen and oxygen atoms in total. The minimum Gasteiger partial charge on any atom is -0.493 e. The van der Waals surface area contributed by atoms with Crippen LogP contribution >= 0.6 is 15.9 Å². The number of ether oxygens (including phenoxy) is 2. The maximum absolute atomic E-state index is 10.8. The van der Waals surface area contributed by atoms with Crippen LogP contribution in [0.25, 0.3) is 0 Å². The maximum atomic E-state index is 10.8. The van der Waals surface area contributed by atoms with Gasteiger partial charge in [-0.2, -0.15) is 0 Å². The van der Waals surface area contributed by atoms with Gasteiger partial charge < -0.3 is 9.47 Å². The van der Waals surface area contributed by atoms with Gasteiger partial charge in [-0.3, -0.25) is 10.1 Å². The smallest absolute Gasteiger partial charge is 0.273 e. The van der Waals surface area contributed by atoms with Gasteiger partial charge in [-0.05, 0) is 24.6 Å². The van der Waals surface area contributed by atoms with Gasteiger partial charge >= 0.3 is 0 Å². The number of nitro groups is 1. The quantitative estimate of drug-likeness (QED) is 0.462. The van der Waals surface area contributed by atoms with Crippen LogP contribution in [0.3, 0.4) is 0 Å². The fourth-order valence-corrected chi connectivity index (χ4v) is 2.07. The van der Waals surface area contributed by atoms with E-state index < -0.39 is 4.92 Å². The predicted octanol–water partition coefficient (Wildman–Crippen LogP) is 3.99. The molecule has 1 heterocycles. The molecule has 0 atom stereocenters. The lowest BCUT2D eigenvalue weighted by Gasteiger charge is -2.11. The van der Waals surface area contributed by atoms with Gasteiger partial charge in [-0.1, -0.05) is 15.9 Å². The van der Waals surface area contributed by atoms with Crippen molar-refractivity contribution in [2.45, 2.75) is 12.3 Å². The Hall–Kier alpha value is -2.15. The molecule has 0 radical (unpaired) electrons. The Morgan fingerprint density at radius 1 is 1.33 bits per heavy atom. The molecule has 0 aliphatic carbocycles. The molecule has 0 saturated carbocycles. The standard InChI is InChI=1S/C14H13BrN2O4/c1-9-5-10(7-15)8-16-14(9)21-13-6-11(17(18)19)3-4-12(13)20-2/h3-6,8H,7H2,1-2H3. The first-order valence-corrected chi connectivity index (χ1v) is 7.19. The zero-order valence-electron chi connectivity index (χ0n) is 11.5. The van der Waals surface area contributed by atoms with E-state index in [0.29, 0.717) is 17.0 Å². The van der Waals surface area contributed by atoms with Crippen LogP contribution in [0.15, 0.2) is 30.5 Å². The van der Waals surface area contributed by atoms with Crippen molar-refractivity contribution < 1.29 is 14.4 Å². The van der Waals surface area contributed by atoms with Crippen molar-refractivity contribution in [3.63, 3.8) is 0 Å². The monoisotopic (exact) mass is 352 g/mol. The van der Waals surface area contributed by atoms with E-state index in [9.17, 15) is 10.1 Å². The molecule has 0 aliphatic rings. The number of aromatic nitrogens is 1. The Labute approximate surface area is 130 Å². The number of non-ortho nitro benzene ring substituents is 1. The summed E-state index contributed by atoms with van der Waals surface area (Å²) in [7, 11) is 1.47. The summed E-state index contributed by atoms with van der Waals surface area (Å²) < 4.78 is 10.8. The van der Waals surface area contributed by atoms with E-state index in [-0.39, 0.29) is 11.4 Å². The third-order valence-electron chi connectivity index (χ3n) is 2.81. The summed E-state index contributed by atoms with van der Waals surface area (Å²) >= 11 is 3.36. The van der Waals surface area contributed by atoms with Crippen LogP contribution in [0.2, 0.25) is 0 Å². The van der Waals surface area contributed by atoms with E-state index in [0.717, 1.165) is 11.1 Å². The van der Waals surface area contributed by atoms with Crippen molar-refractivity contribution in [2.75, 3.05) is 7.11 Å². The van der Waals surface area contributed by atoms with Gasteiger partial charge in [-0.25, -0.2) is 4.98 Å². The Bertz CT molecular complexity index is 676. The van der Waals surface area contributed by atoms with E-state index in [2.05, 4.69) is 20.9 Å². The summed E-state index contributed by atoms with van der Waals surface area (Å²) in [5.41, 5.74) is 1.78. The molecule has 0 unspecified atom stereocenters. The number of nitro benzene ring substituents is 1. The normalized spacial score (nSPS) is 10.2. The molecule has 7 heteroatoms. The Morgan fingerprint density at radius 3 is 2.67 bits per heavy atom. The predicted molar refractivity (Wildman–Crippen MR) is 81.3 cm³/mol. The summed E-state index contributed by atoms with van der Waals surface area (Å²) in [6, 6.07) is 6.11. The van der Waals surface area contributed by atoms with Crippen LogP contribution < -0.4 is 9.47 Å². The number of hydrogen-bond acceptors (Lipinski definition) is 5. The summed E-state index contributed by atoms with van der Waals surface area (Å²) in [4.78, 5) is 14.6. The second-order valence-electron chi connectivity index (χ2n) is 4.29. The van der Waals surface area contributed by atoms with Crippen molar-refractivity contribution in [1.82, 2.24) is 4.98 Å². The molecule has 0 aliphatic heterocycles. The number of aryl methyl sites for hydroxylation is 1. The number of halogens is 1. The third-order valence-corrected chi connectivity index (χ3v) is 3.45.